The molecule has 3 rings (SSSR count). The van der Waals surface area contributed by atoms with E-state index in [0.717, 1.165) is 22.2 Å². The molecule has 9 heteroatoms. The number of hydrogen-bond donors (Lipinski definition) is 0. The van der Waals surface area contributed by atoms with E-state index in [2.05, 4.69) is 4.74 Å². The highest BCUT2D eigenvalue weighted by molar-refractivity contribution is 8.18. The quantitative estimate of drug-likeness (QED) is 0.422. The van der Waals surface area contributed by atoms with Crippen molar-refractivity contribution in [3.05, 3.63) is 63.5 Å². The van der Waals surface area contributed by atoms with Crippen LogP contribution in [0.15, 0.2) is 47.4 Å². The minimum Gasteiger partial charge on any atom is -0.490 e. The van der Waals surface area contributed by atoms with Crippen molar-refractivity contribution in [1.82, 2.24) is 4.90 Å². The summed E-state index contributed by atoms with van der Waals surface area (Å²) in [6, 6.07) is 12.6. The number of rotatable bonds is 8. The lowest BCUT2D eigenvalue weighted by molar-refractivity contribution is -0.143. The van der Waals surface area contributed by atoms with Gasteiger partial charge in [0.15, 0.2) is 11.5 Å². The van der Waals surface area contributed by atoms with E-state index in [0.29, 0.717) is 35.3 Å². The number of ether oxygens (including phenoxy) is 3. The van der Waals surface area contributed by atoms with Crippen LogP contribution in [0.4, 0.5) is 4.79 Å². The fourth-order valence-electron chi connectivity index (χ4n) is 2.73. The molecule has 1 heterocycles. The molecule has 2 amide bonds. The van der Waals surface area contributed by atoms with Crippen molar-refractivity contribution >= 4 is 46.6 Å². The molecule has 162 valence electrons. The van der Waals surface area contributed by atoms with E-state index in [1.165, 1.54) is 7.11 Å². The summed E-state index contributed by atoms with van der Waals surface area (Å²) in [5.41, 5.74) is 1.61. The standard InChI is InChI=1S/C22H20ClNO6S/c1-3-29-18-10-15(6-9-17(18)30-13-14-4-7-16(23)8-5-14)11-19-21(26)24(22(27)31-19)12-20(25)28-2/h4-11H,3,12-13H2,1-2H3/b19-11+. The third-order valence-corrected chi connectivity index (χ3v) is 5.42. The minimum absolute atomic E-state index is 0.214. The molecule has 0 aromatic heterocycles. The Bertz CT molecular complexity index is 1020. The van der Waals surface area contributed by atoms with E-state index < -0.39 is 23.7 Å². The highest BCUT2D eigenvalue weighted by Crippen LogP contribution is 2.35. The number of amides is 2. The van der Waals surface area contributed by atoms with Gasteiger partial charge in [0.25, 0.3) is 11.1 Å². The molecule has 0 aliphatic carbocycles. The first-order chi connectivity index (χ1) is 14.9. The molecule has 1 saturated heterocycles. The average Bonchev–Trinajstić information content (AvgIpc) is 3.01. The summed E-state index contributed by atoms with van der Waals surface area (Å²) in [6.07, 6.45) is 1.58. The lowest BCUT2D eigenvalue weighted by atomic mass is 10.1. The molecular weight excluding hydrogens is 442 g/mol. The maximum Gasteiger partial charge on any atom is 0.325 e. The summed E-state index contributed by atoms with van der Waals surface area (Å²) < 4.78 is 16.1. The zero-order valence-electron chi connectivity index (χ0n) is 16.9. The minimum atomic E-state index is -0.663. The van der Waals surface area contributed by atoms with Crippen molar-refractivity contribution in [3.63, 3.8) is 0 Å². The molecule has 1 aliphatic rings. The molecule has 2 aromatic rings. The van der Waals surface area contributed by atoms with Crippen molar-refractivity contribution in [1.29, 1.82) is 0 Å². The Kier molecular flexibility index (Phi) is 7.59. The smallest absolute Gasteiger partial charge is 0.325 e. The van der Waals surface area contributed by atoms with Gasteiger partial charge in [-0.25, -0.2) is 0 Å². The van der Waals surface area contributed by atoms with E-state index in [9.17, 15) is 14.4 Å². The fourth-order valence-corrected chi connectivity index (χ4v) is 3.69. The molecule has 0 radical (unpaired) electrons. The van der Waals surface area contributed by atoms with Gasteiger partial charge in [0.05, 0.1) is 18.6 Å². The lowest BCUT2D eigenvalue weighted by Gasteiger charge is -2.13. The van der Waals surface area contributed by atoms with Gasteiger partial charge in [-0.1, -0.05) is 29.8 Å². The van der Waals surface area contributed by atoms with E-state index in [1.54, 1.807) is 36.4 Å². The molecule has 0 bridgehead atoms. The number of carbonyl (C=O) groups excluding carboxylic acids is 3. The third kappa shape index (κ3) is 5.80. The van der Waals surface area contributed by atoms with Gasteiger partial charge in [-0.05, 0) is 60.2 Å². The fraction of sp³-hybridized carbons (Fsp3) is 0.227. The first-order valence-corrected chi connectivity index (χ1v) is 10.6. The van der Waals surface area contributed by atoms with Gasteiger partial charge in [-0.2, -0.15) is 0 Å². The van der Waals surface area contributed by atoms with E-state index in [1.807, 2.05) is 19.1 Å². The van der Waals surface area contributed by atoms with Gasteiger partial charge in [0.1, 0.15) is 13.2 Å². The SMILES string of the molecule is CCOc1cc(/C=C2/SC(=O)N(CC(=O)OC)C2=O)ccc1OCc1ccc(Cl)cc1. The highest BCUT2D eigenvalue weighted by Gasteiger charge is 2.36. The number of benzene rings is 2. The topological polar surface area (TPSA) is 82.1 Å². The van der Waals surface area contributed by atoms with Crippen LogP contribution >= 0.6 is 23.4 Å². The number of hydrogen-bond acceptors (Lipinski definition) is 7. The van der Waals surface area contributed by atoms with Gasteiger partial charge in [-0.3, -0.25) is 19.3 Å². The number of imide groups is 1. The van der Waals surface area contributed by atoms with Crippen LogP contribution in [0.1, 0.15) is 18.1 Å². The maximum absolute atomic E-state index is 12.5. The van der Waals surface area contributed by atoms with Gasteiger partial charge >= 0.3 is 5.97 Å². The van der Waals surface area contributed by atoms with Crippen LogP contribution in [-0.2, 0) is 20.9 Å². The molecular formula is C22H20ClNO6S. The number of methoxy groups -OCH3 is 1. The number of carbonyl (C=O) groups is 3. The van der Waals surface area contributed by atoms with Crippen LogP contribution in [0, 0.1) is 0 Å². The highest BCUT2D eigenvalue weighted by atomic mass is 35.5. The van der Waals surface area contributed by atoms with Crippen LogP contribution in [0.25, 0.3) is 6.08 Å². The first kappa shape index (κ1) is 22.7. The molecule has 0 atom stereocenters. The van der Waals surface area contributed by atoms with Crippen LogP contribution in [0.3, 0.4) is 0 Å². The Hall–Kier alpha value is -2.97. The number of nitrogens with zero attached hydrogens (tertiary/aromatic N) is 1. The second-order valence-corrected chi connectivity index (χ2v) is 7.83. The zero-order valence-corrected chi connectivity index (χ0v) is 18.5. The van der Waals surface area contributed by atoms with Gasteiger partial charge < -0.3 is 14.2 Å². The Morgan fingerprint density at radius 1 is 1.10 bits per heavy atom. The van der Waals surface area contributed by atoms with Crippen LogP contribution in [0.2, 0.25) is 5.02 Å². The summed E-state index contributed by atoms with van der Waals surface area (Å²) in [4.78, 5) is 37.0. The Labute approximate surface area is 188 Å². The molecule has 0 unspecified atom stereocenters. The van der Waals surface area contributed by atoms with E-state index in [-0.39, 0.29) is 4.91 Å². The summed E-state index contributed by atoms with van der Waals surface area (Å²) in [6.45, 7) is 2.20. The van der Waals surface area contributed by atoms with Crippen LogP contribution in [0.5, 0.6) is 11.5 Å². The average molecular weight is 462 g/mol. The van der Waals surface area contributed by atoms with Crippen molar-refractivity contribution in [2.75, 3.05) is 20.3 Å². The predicted octanol–water partition coefficient (Wildman–Crippen LogP) is 4.53. The largest absolute Gasteiger partial charge is 0.490 e. The molecule has 1 fully saturated rings. The van der Waals surface area contributed by atoms with Crippen molar-refractivity contribution < 1.29 is 28.6 Å². The van der Waals surface area contributed by atoms with Crippen LogP contribution in [-0.4, -0.2) is 42.3 Å². The molecule has 0 saturated carbocycles. The second-order valence-electron chi connectivity index (χ2n) is 6.40. The number of thioether (sulfide) groups is 1. The third-order valence-electron chi connectivity index (χ3n) is 4.26. The van der Waals surface area contributed by atoms with Crippen LogP contribution < -0.4 is 9.47 Å². The molecule has 2 aromatic carbocycles. The monoisotopic (exact) mass is 461 g/mol. The molecule has 0 N–H and O–H groups in total. The number of esters is 1. The van der Waals surface area contributed by atoms with E-state index in [4.69, 9.17) is 21.1 Å². The zero-order chi connectivity index (χ0) is 22.4. The van der Waals surface area contributed by atoms with Crippen molar-refractivity contribution in [2.45, 2.75) is 13.5 Å². The predicted molar refractivity (Wildman–Crippen MR) is 118 cm³/mol. The Balaban J connectivity index is 1.77. The van der Waals surface area contributed by atoms with Crippen molar-refractivity contribution in [2.24, 2.45) is 0 Å². The van der Waals surface area contributed by atoms with Gasteiger partial charge in [0, 0.05) is 5.02 Å². The second kappa shape index (κ2) is 10.4. The summed E-state index contributed by atoms with van der Waals surface area (Å²) in [5, 5.41) is 0.133. The molecule has 1 aliphatic heterocycles. The summed E-state index contributed by atoms with van der Waals surface area (Å²) in [5.74, 6) is -0.141. The molecule has 31 heavy (non-hydrogen) atoms. The normalized spacial score (nSPS) is 14.8. The Morgan fingerprint density at radius 3 is 2.52 bits per heavy atom. The summed E-state index contributed by atoms with van der Waals surface area (Å²) in [7, 11) is 1.20. The lowest BCUT2D eigenvalue weighted by Crippen LogP contribution is -2.34. The maximum atomic E-state index is 12.5. The van der Waals surface area contributed by atoms with Crippen molar-refractivity contribution in [3.8, 4) is 11.5 Å². The molecule has 7 nitrogen and oxygen atoms in total. The van der Waals surface area contributed by atoms with Gasteiger partial charge in [0.2, 0.25) is 0 Å². The summed E-state index contributed by atoms with van der Waals surface area (Å²) >= 11 is 6.67. The van der Waals surface area contributed by atoms with Gasteiger partial charge in [-0.15, -0.1) is 0 Å². The number of halogens is 1. The first-order valence-electron chi connectivity index (χ1n) is 9.37. The Morgan fingerprint density at radius 2 is 1.84 bits per heavy atom. The molecule has 0 spiro atoms. The van der Waals surface area contributed by atoms with E-state index >= 15 is 0 Å².